The zero-order chi connectivity index (χ0) is 13.3. The van der Waals surface area contributed by atoms with E-state index in [1.165, 1.54) is 6.20 Å². The van der Waals surface area contributed by atoms with Gasteiger partial charge in [-0.15, -0.1) is 0 Å². The Morgan fingerprint density at radius 3 is 2.56 bits per heavy atom. The van der Waals surface area contributed by atoms with E-state index in [-0.39, 0.29) is 10.9 Å². The van der Waals surface area contributed by atoms with Gasteiger partial charge in [-0.05, 0) is 18.2 Å². The Morgan fingerprint density at radius 1 is 1.28 bits per heavy atom. The highest BCUT2D eigenvalue weighted by Crippen LogP contribution is 2.35. The molecule has 18 heavy (non-hydrogen) atoms. The van der Waals surface area contributed by atoms with Crippen LogP contribution in [0.25, 0.3) is 0 Å². The third-order valence-corrected chi connectivity index (χ3v) is 2.66. The summed E-state index contributed by atoms with van der Waals surface area (Å²) >= 11 is 0.970. The number of ether oxygens (including phenoxy) is 1. The molecule has 8 heteroatoms. The van der Waals surface area contributed by atoms with E-state index in [1.807, 2.05) is 0 Å². The van der Waals surface area contributed by atoms with Crippen molar-refractivity contribution in [1.29, 1.82) is 0 Å². The number of nitrogen functional groups attached to an aromatic ring is 1. The summed E-state index contributed by atoms with van der Waals surface area (Å²) in [5.41, 5.74) is 4.01. The van der Waals surface area contributed by atoms with E-state index < -0.39 is 17.6 Å². The predicted molar refractivity (Wildman–Crippen MR) is 58.0 cm³/mol. The number of aromatic nitrogens is 1. The molecule has 0 amide bonds. The van der Waals surface area contributed by atoms with Crippen molar-refractivity contribution in [2.45, 2.75) is 6.18 Å². The molecule has 0 spiro atoms. The average Bonchev–Trinajstić information content (AvgIpc) is 2.65. The molecule has 1 aromatic heterocycles. The van der Waals surface area contributed by atoms with E-state index >= 15 is 0 Å². The fourth-order valence-electron chi connectivity index (χ4n) is 1.20. The largest absolute Gasteiger partial charge is 0.431 e. The second-order valence-electron chi connectivity index (χ2n) is 3.27. The van der Waals surface area contributed by atoms with E-state index in [4.69, 9.17) is 10.5 Å². The van der Waals surface area contributed by atoms with Crippen LogP contribution >= 0.6 is 11.3 Å². The van der Waals surface area contributed by atoms with Crippen LogP contribution < -0.4 is 10.5 Å². The van der Waals surface area contributed by atoms with Crippen LogP contribution in [0.2, 0.25) is 0 Å². The molecule has 0 aliphatic rings. The number of hydrogen-bond acceptors (Lipinski definition) is 4. The number of nitrogens with zero attached hydrogens (tertiary/aromatic N) is 1. The predicted octanol–water partition coefficient (Wildman–Crippen LogP) is 3.68. The van der Waals surface area contributed by atoms with Crippen LogP contribution in [0.5, 0.6) is 10.9 Å². The van der Waals surface area contributed by atoms with Gasteiger partial charge in [0.1, 0.15) is 16.6 Å². The van der Waals surface area contributed by atoms with Crippen LogP contribution in [-0.4, -0.2) is 4.98 Å². The molecular weight excluding hydrogens is 272 g/mol. The van der Waals surface area contributed by atoms with Gasteiger partial charge in [-0.25, -0.2) is 9.37 Å². The smallest absolute Gasteiger partial charge is 0.419 e. The number of thiazole rings is 1. The molecule has 0 fully saturated rings. The van der Waals surface area contributed by atoms with Crippen molar-refractivity contribution in [2.75, 3.05) is 5.73 Å². The standard InChI is InChI=1S/C10H6F4N2OS/c11-7-2-1-5(3-6(7)10(12,13)14)17-9-16-4-8(15)18-9/h1-4H,15H2. The molecule has 0 atom stereocenters. The number of benzene rings is 1. The van der Waals surface area contributed by atoms with Crippen LogP contribution in [-0.2, 0) is 6.18 Å². The monoisotopic (exact) mass is 278 g/mol. The zero-order valence-electron chi connectivity index (χ0n) is 8.66. The molecule has 0 radical (unpaired) electrons. The van der Waals surface area contributed by atoms with Crippen molar-refractivity contribution in [2.24, 2.45) is 0 Å². The molecule has 3 nitrogen and oxygen atoms in total. The third kappa shape index (κ3) is 2.70. The Labute approximate surface area is 103 Å². The van der Waals surface area contributed by atoms with E-state index in [2.05, 4.69) is 4.98 Å². The van der Waals surface area contributed by atoms with Crippen LogP contribution in [0.3, 0.4) is 0 Å². The van der Waals surface area contributed by atoms with Crippen LogP contribution in [0, 0.1) is 5.82 Å². The topological polar surface area (TPSA) is 48.1 Å². The molecule has 0 unspecified atom stereocenters. The Hall–Kier alpha value is -1.83. The Kier molecular flexibility index (Phi) is 3.12. The Morgan fingerprint density at radius 2 is 2.00 bits per heavy atom. The van der Waals surface area contributed by atoms with Gasteiger partial charge in [0.2, 0.25) is 0 Å². The summed E-state index contributed by atoms with van der Waals surface area (Å²) in [6, 6.07) is 2.35. The molecule has 1 heterocycles. The van der Waals surface area contributed by atoms with Crippen molar-refractivity contribution in [3.63, 3.8) is 0 Å². The summed E-state index contributed by atoms with van der Waals surface area (Å²) in [5.74, 6) is -1.51. The maximum absolute atomic E-state index is 13.0. The van der Waals surface area contributed by atoms with Crippen molar-refractivity contribution < 1.29 is 22.3 Å². The minimum absolute atomic E-state index is 0.0900. The maximum atomic E-state index is 13.0. The Bertz CT molecular complexity index is 567. The third-order valence-electron chi connectivity index (χ3n) is 1.95. The van der Waals surface area contributed by atoms with Gasteiger partial charge in [0, 0.05) is 0 Å². The lowest BCUT2D eigenvalue weighted by atomic mass is 10.2. The fraction of sp³-hybridized carbons (Fsp3) is 0.100. The van der Waals surface area contributed by atoms with Crippen molar-refractivity contribution in [3.8, 4) is 10.9 Å². The average molecular weight is 278 g/mol. The first-order chi connectivity index (χ1) is 8.36. The molecule has 0 saturated heterocycles. The van der Waals surface area contributed by atoms with Crippen LogP contribution in [0.4, 0.5) is 22.6 Å². The first-order valence-corrected chi connectivity index (χ1v) is 5.44. The summed E-state index contributed by atoms with van der Waals surface area (Å²) in [5, 5.41) is 0.454. The molecular formula is C10H6F4N2OS. The van der Waals surface area contributed by atoms with E-state index in [1.54, 1.807) is 0 Å². The molecule has 2 aromatic rings. The number of nitrogens with two attached hydrogens (primary N) is 1. The number of rotatable bonds is 2. The minimum Gasteiger partial charge on any atom is -0.431 e. The molecule has 96 valence electrons. The van der Waals surface area contributed by atoms with Crippen molar-refractivity contribution in [1.82, 2.24) is 4.98 Å². The lowest BCUT2D eigenvalue weighted by molar-refractivity contribution is -0.140. The highest BCUT2D eigenvalue weighted by atomic mass is 32.1. The number of hydrogen-bond donors (Lipinski definition) is 1. The molecule has 0 aliphatic carbocycles. The van der Waals surface area contributed by atoms with Gasteiger partial charge < -0.3 is 10.5 Å². The molecule has 0 bridgehead atoms. The highest BCUT2D eigenvalue weighted by Gasteiger charge is 2.34. The number of halogens is 4. The van der Waals surface area contributed by atoms with E-state index in [0.29, 0.717) is 17.1 Å². The van der Waals surface area contributed by atoms with Crippen molar-refractivity contribution >= 4 is 16.3 Å². The molecule has 2 rings (SSSR count). The lowest BCUT2D eigenvalue weighted by Crippen LogP contribution is -2.08. The molecule has 1 aromatic carbocycles. The van der Waals surface area contributed by atoms with Crippen molar-refractivity contribution in [3.05, 3.63) is 35.8 Å². The Balaban J connectivity index is 2.30. The molecule has 0 aliphatic heterocycles. The first-order valence-electron chi connectivity index (χ1n) is 4.62. The first kappa shape index (κ1) is 12.6. The minimum atomic E-state index is -4.77. The van der Waals surface area contributed by atoms with Gasteiger partial charge in [0.25, 0.3) is 5.19 Å². The van der Waals surface area contributed by atoms with Crippen LogP contribution in [0.1, 0.15) is 5.56 Å². The lowest BCUT2D eigenvalue weighted by Gasteiger charge is -2.09. The van der Waals surface area contributed by atoms with Gasteiger partial charge in [-0.1, -0.05) is 11.3 Å². The number of alkyl halides is 3. The summed E-state index contributed by atoms with van der Waals surface area (Å²) < 4.78 is 55.4. The number of anilines is 1. The van der Waals surface area contributed by atoms with E-state index in [9.17, 15) is 17.6 Å². The fourth-order valence-corrected chi connectivity index (χ4v) is 1.75. The quantitative estimate of drug-likeness (QED) is 0.852. The summed E-state index contributed by atoms with van der Waals surface area (Å²) in [6.07, 6.45) is -3.46. The summed E-state index contributed by atoms with van der Waals surface area (Å²) in [7, 11) is 0. The maximum Gasteiger partial charge on any atom is 0.419 e. The van der Waals surface area contributed by atoms with Gasteiger partial charge in [-0.2, -0.15) is 13.2 Å². The molecule has 0 saturated carbocycles. The van der Waals surface area contributed by atoms with Crippen LogP contribution in [0.15, 0.2) is 24.4 Å². The second-order valence-corrected chi connectivity index (χ2v) is 4.29. The van der Waals surface area contributed by atoms with Gasteiger partial charge in [0.05, 0.1) is 11.8 Å². The van der Waals surface area contributed by atoms with Gasteiger partial charge in [0.15, 0.2) is 0 Å². The SMILES string of the molecule is Nc1cnc(Oc2ccc(F)c(C(F)(F)F)c2)s1. The van der Waals surface area contributed by atoms with E-state index in [0.717, 1.165) is 17.4 Å². The summed E-state index contributed by atoms with van der Waals surface area (Å²) in [4.78, 5) is 3.72. The normalized spacial score (nSPS) is 11.6. The van der Waals surface area contributed by atoms with Gasteiger partial charge in [-0.3, -0.25) is 0 Å². The molecule has 2 N–H and O–H groups in total. The summed E-state index contributed by atoms with van der Waals surface area (Å²) in [6.45, 7) is 0. The zero-order valence-corrected chi connectivity index (χ0v) is 9.48. The highest BCUT2D eigenvalue weighted by molar-refractivity contribution is 7.17. The van der Waals surface area contributed by atoms with Gasteiger partial charge >= 0.3 is 6.18 Å². The second kappa shape index (κ2) is 4.45.